The number of benzene rings is 2. The predicted molar refractivity (Wildman–Crippen MR) is 145 cm³/mol. The zero-order valence-corrected chi connectivity index (χ0v) is 22.7. The summed E-state index contributed by atoms with van der Waals surface area (Å²) in [5.74, 6) is -0.118. The summed E-state index contributed by atoms with van der Waals surface area (Å²) >= 11 is 0. The summed E-state index contributed by atoms with van der Waals surface area (Å²) in [6.07, 6.45) is 2.15. The van der Waals surface area contributed by atoms with E-state index in [1.807, 2.05) is 0 Å². The Labute approximate surface area is 234 Å². The van der Waals surface area contributed by atoms with Crippen LogP contribution in [0, 0.1) is 11.7 Å². The molecule has 0 unspecified atom stereocenters. The summed E-state index contributed by atoms with van der Waals surface area (Å²) in [7, 11) is 1.50. The van der Waals surface area contributed by atoms with Crippen molar-refractivity contribution < 1.29 is 32.2 Å². The maximum atomic E-state index is 15.1. The molecule has 3 aromatic rings. The van der Waals surface area contributed by atoms with Crippen molar-refractivity contribution in [3.63, 3.8) is 0 Å². The number of amides is 1. The monoisotopic (exact) mass is 575 g/mol. The van der Waals surface area contributed by atoms with E-state index in [0.717, 1.165) is 36.0 Å². The third kappa shape index (κ3) is 5.91. The molecule has 41 heavy (non-hydrogen) atoms. The second kappa shape index (κ2) is 12.3. The number of piperidine rings is 1. The van der Waals surface area contributed by atoms with Crippen molar-refractivity contribution in [2.45, 2.75) is 44.4 Å². The Bertz CT molecular complexity index is 1520. The van der Waals surface area contributed by atoms with Crippen LogP contribution in [0.1, 0.15) is 37.3 Å². The van der Waals surface area contributed by atoms with Crippen molar-refractivity contribution in [1.82, 2.24) is 14.0 Å². The van der Waals surface area contributed by atoms with Crippen molar-refractivity contribution >= 4 is 17.3 Å². The molecule has 1 saturated carbocycles. The summed E-state index contributed by atoms with van der Waals surface area (Å²) in [5, 5.41) is -0.0429. The Morgan fingerprint density at radius 3 is 2.41 bits per heavy atom. The van der Waals surface area contributed by atoms with Gasteiger partial charge in [-0.3, -0.25) is 18.7 Å². The topological polar surface area (TPSA) is 92.0 Å². The second-order valence-corrected chi connectivity index (χ2v) is 10.5. The van der Waals surface area contributed by atoms with Crippen LogP contribution >= 0.6 is 0 Å². The van der Waals surface area contributed by atoms with Gasteiger partial charge in [0.25, 0.3) is 5.56 Å². The highest BCUT2D eigenvalue weighted by Crippen LogP contribution is 2.35. The Balaban J connectivity index is 1.65. The lowest BCUT2D eigenvalue weighted by Gasteiger charge is -2.31. The lowest BCUT2D eigenvalue weighted by molar-refractivity contribution is -0.119. The van der Waals surface area contributed by atoms with E-state index >= 15 is 4.39 Å². The van der Waals surface area contributed by atoms with E-state index in [4.69, 9.17) is 14.2 Å². The van der Waals surface area contributed by atoms with E-state index in [0.29, 0.717) is 55.5 Å². The number of nitrogens with zero attached hydrogens (tertiary/aromatic N) is 3. The minimum Gasteiger partial charge on any atom is -0.493 e. The third-order valence-electron chi connectivity index (χ3n) is 7.64. The molecule has 12 heteroatoms. The largest absolute Gasteiger partial charge is 0.493 e. The van der Waals surface area contributed by atoms with Gasteiger partial charge in [0, 0.05) is 30.8 Å². The highest BCUT2D eigenvalue weighted by atomic mass is 19.1. The number of ether oxygens (including phenoxy) is 3. The van der Waals surface area contributed by atoms with Gasteiger partial charge in [0.05, 0.1) is 31.2 Å². The van der Waals surface area contributed by atoms with Gasteiger partial charge >= 0.3 is 5.69 Å². The summed E-state index contributed by atoms with van der Waals surface area (Å²) in [6, 6.07) is 6.85. The van der Waals surface area contributed by atoms with Gasteiger partial charge in [0.2, 0.25) is 6.41 Å². The molecule has 2 aromatic carbocycles. The molecule has 0 N–H and O–H groups in total. The molecule has 0 bridgehead atoms. The van der Waals surface area contributed by atoms with E-state index in [9.17, 15) is 23.2 Å². The van der Waals surface area contributed by atoms with Gasteiger partial charge < -0.3 is 19.1 Å². The van der Waals surface area contributed by atoms with E-state index in [1.54, 1.807) is 23.1 Å². The molecular formula is C29H32F3N3O6. The van der Waals surface area contributed by atoms with Gasteiger partial charge in [0.1, 0.15) is 13.3 Å². The normalized spacial score (nSPS) is 15.9. The van der Waals surface area contributed by atoms with E-state index in [2.05, 4.69) is 0 Å². The van der Waals surface area contributed by atoms with Crippen molar-refractivity contribution in [3.05, 3.63) is 62.6 Å². The first kappa shape index (κ1) is 28.6. The lowest BCUT2D eigenvalue weighted by Crippen LogP contribution is -2.44. The van der Waals surface area contributed by atoms with Gasteiger partial charge in [0.15, 0.2) is 29.2 Å². The van der Waals surface area contributed by atoms with Crippen molar-refractivity contribution in [1.29, 1.82) is 0 Å². The summed E-state index contributed by atoms with van der Waals surface area (Å²) in [5.41, 5.74) is -0.788. The molecule has 0 spiro atoms. The second-order valence-electron chi connectivity index (χ2n) is 10.5. The summed E-state index contributed by atoms with van der Waals surface area (Å²) in [4.78, 5) is 40.6. The van der Waals surface area contributed by atoms with Gasteiger partial charge in [-0.25, -0.2) is 18.0 Å². The predicted octanol–water partition coefficient (Wildman–Crippen LogP) is 3.63. The molecule has 1 amide bonds. The van der Waals surface area contributed by atoms with Crippen LogP contribution in [0.5, 0.6) is 17.2 Å². The number of hydrogen-bond donors (Lipinski definition) is 0. The first-order valence-electron chi connectivity index (χ1n) is 13.6. The van der Waals surface area contributed by atoms with Gasteiger partial charge in [-0.05, 0) is 43.7 Å². The molecule has 0 atom stereocenters. The number of alkyl halides is 2. The number of aromatic nitrogens is 2. The van der Waals surface area contributed by atoms with Crippen molar-refractivity contribution in [2.75, 3.05) is 40.2 Å². The number of methoxy groups -OCH3 is 1. The number of fused-ring (bicyclic) bond motifs is 1. The molecule has 5 rings (SSSR count). The SMILES string of the molecule is COc1cccc(Cn2c(=O)c3cc(OC(CF)CF)c(F)cc3n(C3CCN(C=O)CC3)c2=O)c1OCC1CC1. The number of carbonyl (C=O) groups excluding carboxylic acids is 1. The molecular weight excluding hydrogens is 543 g/mol. The zero-order chi connectivity index (χ0) is 29.1. The Morgan fingerprint density at radius 2 is 1.78 bits per heavy atom. The molecule has 2 heterocycles. The fourth-order valence-corrected chi connectivity index (χ4v) is 5.16. The molecule has 2 aliphatic rings. The number of carbonyl (C=O) groups is 1. The van der Waals surface area contributed by atoms with Crippen LogP contribution < -0.4 is 25.5 Å². The van der Waals surface area contributed by atoms with Crippen LogP contribution in [0.25, 0.3) is 10.9 Å². The van der Waals surface area contributed by atoms with Gasteiger partial charge in [-0.2, -0.15) is 0 Å². The van der Waals surface area contributed by atoms with Crippen LogP contribution in [-0.4, -0.2) is 66.7 Å². The number of likely N-dealkylation sites (tertiary alicyclic amines) is 1. The smallest absolute Gasteiger partial charge is 0.332 e. The van der Waals surface area contributed by atoms with Crippen molar-refractivity contribution in [2.24, 2.45) is 5.92 Å². The Hall–Kier alpha value is -3.96. The molecule has 0 radical (unpaired) electrons. The van der Waals surface area contributed by atoms with Gasteiger partial charge in [-0.1, -0.05) is 12.1 Å². The lowest BCUT2D eigenvalue weighted by atomic mass is 10.0. The van der Waals surface area contributed by atoms with Crippen LogP contribution in [0.4, 0.5) is 13.2 Å². The summed E-state index contributed by atoms with van der Waals surface area (Å²) < 4.78 is 60.6. The fraction of sp³-hybridized carbons (Fsp3) is 0.483. The van der Waals surface area contributed by atoms with Gasteiger partial charge in [-0.15, -0.1) is 0 Å². The molecule has 1 saturated heterocycles. The first-order chi connectivity index (χ1) is 19.9. The van der Waals surface area contributed by atoms with E-state index in [1.165, 1.54) is 11.7 Å². The standard InChI is InChI=1S/C29H32F3N3O6/c1-39-25-4-2-3-19(27(25)40-16-18-5-6-18)15-34-28(37)22-11-26(41-21(13-30)14-31)23(32)12-24(22)35(29(34)38)20-7-9-33(17-36)10-8-20/h2-4,11-12,17-18,20-21H,5-10,13-16H2,1H3. The Kier molecular flexibility index (Phi) is 8.55. The molecule has 1 aliphatic heterocycles. The maximum absolute atomic E-state index is 15.1. The number of halogens is 3. The molecule has 220 valence electrons. The highest BCUT2D eigenvalue weighted by Gasteiger charge is 2.27. The first-order valence-corrected chi connectivity index (χ1v) is 13.6. The number of hydrogen-bond acceptors (Lipinski definition) is 6. The van der Waals surface area contributed by atoms with E-state index < -0.39 is 48.3 Å². The molecule has 2 fully saturated rings. The van der Waals surface area contributed by atoms with Crippen LogP contribution in [-0.2, 0) is 11.3 Å². The molecule has 1 aliphatic carbocycles. The minimum atomic E-state index is -1.54. The zero-order valence-electron chi connectivity index (χ0n) is 22.7. The minimum absolute atomic E-state index is 0.0403. The number of rotatable bonds is 12. The van der Waals surface area contributed by atoms with E-state index in [-0.39, 0.29) is 17.4 Å². The van der Waals surface area contributed by atoms with Crippen molar-refractivity contribution in [3.8, 4) is 17.2 Å². The third-order valence-corrected chi connectivity index (χ3v) is 7.64. The average molecular weight is 576 g/mol. The summed E-state index contributed by atoms with van der Waals surface area (Å²) in [6.45, 7) is -1.30. The Morgan fingerprint density at radius 1 is 1.05 bits per heavy atom. The quantitative estimate of drug-likeness (QED) is 0.307. The highest BCUT2D eigenvalue weighted by molar-refractivity contribution is 5.80. The molecule has 9 nitrogen and oxygen atoms in total. The average Bonchev–Trinajstić information content (AvgIpc) is 3.82. The molecule has 1 aromatic heterocycles. The fourth-order valence-electron chi connectivity index (χ4n) is 5.16. The van der Waals surface area contributed by atoms with Crippen LogP contribution in [0.3, 0.4) is 0 Å². The van der Waals surface area contributed by atoms with Crippen LogP contribution in [0.15, 0.2) is 39.9 Å². The number of para-hydroxylation sites is 1. The maximum Gasteiger partial charge on any atom is 0.332 e. The van der Waals surface area contributed by atoms with Crippen LogP contribution in [0.2, 0.25) is 0 Å².